The third-order valence-corrected chi connectivity index (χ3v) is 1.13. The average Bonchev–Trinajstić information content (AvgIpc) is 2.19. The SMILES string of the molecule is O=[N+]([O-])C([N+](=O)[O-])[N+](=O)[O-].c1ccncc1. The summed E-state index contributed by atoms with van der Waals surface area (Å²) in [6, 6.07) is 5.72. The van der Waals surface area contributed by atoms with Crippen LogP contribution in [0, 0.1) is 30.3 Å². The van der Waals surface area contributed by atoms with Crippen molar-refractivity contribution in [2.75, 3.05) is 0 Å². The van der Waals surface area contributed by atoms with Gasteiger partial charge in [-0.3, -0.25) is 35.3 Å². The molecule has 86 valence electrons. The Morgan fingerprint density at radius 3 is 1.25 bits per heavy atom. The van der Waals surface area contributed by atoms with Gasteiger partial charge in [-0.25, -0.2) is 0 Å². The summed E-state index contributed by atoms with van der Waals surface area (Å²) in [6.45, 7) is 0. The fraction of sp³-hybridized carbons (Fsp3) is 0.167. The largest absolute Gasteiger partial charge is 0.693 e. The van der Waals surface area contributed by atoms with Gasteiger partial charge >= 0.3 is 6.29 Å². The standard InChI is InChI=1S/C5H5N.CHN3O6/c1-2-4-6-5-3-1;5-2(6)1(3(7)8)4(9)10/h1-5H;1H. The number of aromatic nitrogens is 1. The molecule has 0 amide bonds. The quantitative estimate of drug-likeness (QED) is 0.409. The highest BCUT2D eigenvalue weighted by molar-refractivity contribution is 4.88. The molecule has 1 rings (SSSR count). The van der Waals surface area contributed by atoms with Gasteiger partial charge in [-0.2, -0.15) is 0 Å². The highest BCUT2D eigenvalue weighted by Crippen LogP contribution is 1.90. The number of rotatable bonds is 3. The van der Waals surface area contributed by atoms with Gasteiger partial charge < -0.3 is 0 Å². The Bertz CT molecular complexity index is 309. The predicted molar refractivity (Wildman–Crippen MR) is 49.0 cm³/mol. The highest BCUT2D eigenvalue weighted by atomic mass is 16.7. The molecule has 0 aromatic carbocycles. The molecular weight excluding hydrogens is 224 g/mol. The van der Waals surface area contributed by atoms with Crippen LogP contribution in [0.2, 0.25) is 0 Å². The summed E-state index contributed by atoms with van der Waals surface area (Å²) in [6.07, 6.45) is 0.556. The molecule has 0 radical (unpaired) electrons. The summed E-state index contributed by atoms with van der Waals surface area (Å²) >= 11 is 0. The molecule has 10 heteroatoms. The monoisotopic (exact) mass is 230 g/mol. The molecule has 0 fully saturated rings. The average molecular weight is 230 g/mol. The molecular formula is C6H6N4O6. The zero-order valence-electron chi connectivity index (χ0n) is 7.70. The van der Waals surface area contributed by atoms with E-state index >= 15 is 0 Å². The van der Waals surface area contributed by atoms with Gasteiger partial charge in [0.25, 0.3) is 0 Å². The third kappa shape index (κ3) is 5.16. The lowest BCUT2D eigenvalue weighted by Crippen LogP contribution is -2.36. The Hall–Kier alpha value is -2.65. The number of pyridine rings is 1. The van der Waals surface area contributed by atoms with Gasteiger partial charge in [0.15, 0.2) is 14.8 Å². The molecule has 0 aliphatic rings. The van der Waals surface area contributed by atoms with Crippen LogP contribution < -0.4 is 0 Å². The van der Waals surface area contributed by atoms with E-state index in [1.54, 1.807) is 12.4 Å². The van der Waals surface area contributed by atoms with E-state index in [2.05, 4.69) is 4.98 Å². The molecule has 0 unspecified atom stereocenters. The van der Waals surface area contributed by atoms with Crippen molar-refractivity contribution in [2.45, 2.75) is 6.29 Å². The fourth-order valence-electron chi connectivity index (χ4n) is 0.544. The van der Waals surface area contributed by atoms with E-state index < -0.39 is 21.1 Å². The molecule has 0 atom stereocenters. The summed E-state index contributed by atoms with van der Waals surface area (Å²) < 4.78 is 0. The zero-order chi connectivity index (χ0) is 12.6. The van der Waals surface area contributed by atoms with E-state index in [1.807, 2.05) is 18.2 Å². The first kappa shape index (κ1) is 13.4. The smallest absolute Gasteiger partial charge is 0.265 e. The van der Waals surface area contributed by atoms with Crippen molar-refractivity contribution < 1.29 is 14.8 Å². The lowest BCUT2D eigenvalue weighted by molar-refractivity contribution is -0.912. The topological polar surface area (TPSA) is 142 Å². The molecule has 0 bridgehead atoms. The normalized spacial score (nSPS) is 8.81. The molecule has 0 aliphatic carbocycles. The van der Waals surface area contributed by atoms with Crippen LogP contribution in [-0.4, -0.2) is 26.0 Å². The van der Waals surface area contributed by atoms with E-state index in [1.165, 1.54) is 0 Å². The van der Waals surface area contributed by atoms with E-state index in [-0.39, 0.29) is 0 Å². The second-order valence-corrected chi connectivity index (χ2v) is 2.23. The Labute approximate surface area is 88.0 Å². The lowest BCUT2D eigenvalue weighted by Gasteiger charge is -1.90. The van der Waals surface area contributed by atoms with Crippen molar-refractivity contribution in [1.29, 1.82) is 0 Å². The first-order valence-electron chi connectivity index (χ1n) is 3.72. The summed E-state index contributed by atoms with van der Waals surface area (Å²) in [7, 11) is 0. The Morgan fingerprint density at radius 1 is 0.812 bits per heavy atom. The molecule has 0 saturated carbocycles. The first-order chi connectivity index (χ1) is 7.46. The molecule has 0 saturated heterocycles. The minimum absolute atomic E-state index is 1.58. The molecule has 0 spiro atoms. The number of nitro groups is 3. The minimum atomic E-state index is -2.94. The zero-order valence-corrected chi connectivity index (χ0v) is 7.70. The highest BCUT2D eigenvalue weighted by Gasteiger charge is 2.45. The lowest BCUT2D eigenvalue weighted by atomic mass is 10.5. The van der Waals surface area contributed by atoms with Gasteiger partial charge in [0.2, 0.25) is 0 Å². The Kier molecular flexibility index (Phi) is 5.63. The van der Waals surface area contributed by atoms with E-state index in [0.29, 0.717) is 0 Å². The van der Waals surface area contributed by atoms with Crippen LogP contribution in [0.15, 0.2) is 30.6 Å². The van der Waals surface area contributed by atoms with Crippen molar-refractivity contribution in [3.05, 3.63) is 60.9 Å². The second-order valence-electron chi connectivity index (χ2n) is 2.23. The van der Waals surface area contributed by atoms with Crippen molar-refractivity contribution in [3.8, 4) is 0 Å². The second kappa shape index (κ2) is 6.75. The number of nitrogens with zero attached hydrogens (tertiary/aromatic N) is 4. The predicted octanol–water partition coefficient (Wildman–Crippen LogP) is 0.182. The van der Waals surface area contributed by atoms with Crippen molar-refractivity contribution in [1.82, 2.24) is 4.98 Å². The maximum Gasteiger partial charge on any atom is 0.693 e. The molecule has 1 aromatic heterocycles. The van der Waals surface area contributed by atoms with Gasteiger partial charge in [-0.15, -0.1) is 0 Å². The van der Waals surface area contributed by atoms with Crippen LogP contribution in [0.1, 0.15) is 0 Å². The van der Waals surface area contributed by atoms with Crippen molar-refractivity contribution >= 4 is 0 Å². The number of hydrogen-bond acceptors (Lipinski definition) is 7. The Morgan fingerprint density at radius 2 is 1.19 bits per heavy atom. The van der Waals surface area contributed by atoms with Crippen LogP contribution in [-0.2, 0) is 0 Å². The van der Waals surface area contributed by atoms with Crippen LogP contribution in [0.4, 0.5) is 0 Å². The van der Waals surface area contributed by atoms with Gasteiger partial charge in [0.1, 0.15) is 0 Å². The molecule has 0 aliphatic heterocycles. The molecule has 1 heterocycles. The van der Waals surface area contributed by atoms with Crippen molar-refractivity contribution in [2.24, 2.45) is 0 Å². The summed E-state index contributed by atoms with van der Waals surface area (Å²) in [5, 5.41) is 28.5. The molecule has 0 N–H and O–H groups in total. The van der Waals surface area contributed by atoms with Crippen LogP contribution in [0.5, 0.6) is 0 Å². The van der Waals surface area contributed by atoms with E-state index in [4.69, 9.17) is 0 Å². The van der Waals surface area contributed by atoms with Gasteiger partial charge in [-0.1, -0.05) is 6.07 Å². The fourth-order valence-corrected chi connectivity index (χ4v) is 0.544. The van der Waals surface area contributed by atoms with Crippen LogP contribution in [0.25, 0.3) is 0 Å². The van der Waals surface area contributed by atoms with E-state index in [0.717, 1.165) is 0 Å². The van der Waals surface area contributed by atoms with Crippen LogP contribution >= 0.6 is 0 Å². The maximum absolute atomic E-state index is 9.50. The summed E-state index contributed by atoms with van der Waals surface area (Å²) in [5.74, 6) is 0. The Balaban J connectivity index is 0.000000315. The van der Waals surface area contributed by atoms with E-state index in [9.17, 15) is 30.3 Å². The van der Waals surface area contributed by atoms with Crippen LogP contribution in [0.3, 0.4) is 0 Å². The summed E-state index contributed by atoms with van der Waals surface area (Å²) in [5.41, 5.74) is 0. The molecule has 1 aromatic rings. The minimum Gasteiger partial charge on any atom is -0.265 e. The van der Waals surface area contributed by atoms with Gasteiger partial charge in [0, 0.05) is 12.4 Å². The first-order valence-corrected chi connectivity index (χ1v) is 3.72. The molecule has 10 nitrogen and oxygen atoms in total. The van der Waals surface area contributed by atoms with Gasteiger partial charge in [-0.05, 0) is 12.1 Å². The maximum atomic E-state index is 9.50. The number of hydrogen-bond donors (Lipinski definition) is 0. The van der Waals surface area contributed by atoms with Gasteiger partial charge in [0.05, 0.1) is 0 Å². The third-order valence-electron chi connectivity index (χ3n) is 1.13. The molecule has 16 heavy (non-hydrogen) atoms. The summed E-state index contributed by atoms with van der Waals surface area (Å²) in [4.78, 5) is 27.5. The van der Waals surface area contributed by atoms with Crippen molar-refractivity contribution in [3.63, 3.8) is 0 Å².